The number of aromatic nitrogens is 5. The minimum absolute atomic E-state index is 0.126. The van der Waals surface area contributed by atoms with Gasteiger partial charge >= 0.3 is 0 Å². The van der Waals surface area contributed by atoms with E-state index in [0.29, 0.717) is 18.8 Å². The molecule has 0 unspecified atom stereocenters. The molecule has 2 aromatic heterocycles. The molecule has 5 rings (SSSR count). The van der Waals surface area contributed by atoms with E-state index in [1.807, 2.05) is 23.1 Å². The Morgan fingerprint density at radius 3 is 2.39 bits per heavy atom. The van der Waals surface area contributed by atoms with Crippen molar-refractivity contribution in [2.45, 2.75) is 24.4 Å². The second-order valence-electron chi connectivity index (χ2n) is 8.22. The number of anilines is 2. The maximum absolute atomic E-state index is 13.0. The molecule has 33 heavy (non-hydrogen) atoms. The summed E-state index contributed by atoms with van der Waals surface area (Å²) >= 11 is 1.46. The molecular weight excluding hydrogens is 436 g/mol. The average Bonchev–Trinajstić information content (AvgIpc) is 3.33. The Morgan fingerprint density at radius 1 is 0.879 bits per heavy atom. The summed E-state index contributed by atoms with van der Waals surface area (Å²) in [4.78, 5) is 27.9. The van der Waals surface area contributed by atoms with Crippen LogP contribution in [0.4, 0.5) is 11.8 Å². The summed E-state index contributed by atoms with van der Waals surface area (Å²) in [5.41, 5.74) is 1.02. The highest BCUT2D eigenvalue weighted by Crippen LogP contribution is 2.28. The molecule has 9 nitrogen and oxygen atoms in total. The lowest BCUT2D eigenvalue weighted by molar-refractivity contribution is -0.128. The van der Waals surface area contributed by atoms with Crippen LogP contribution >= 0.6 is 11.8 Å². The Bertz CT molecular complexity index is 1050. The molecule has 2 saturated heterocycles. The van der Waals surface area contributed by atoms with Crippen LogP contribution < -0.4 is 9.80 Å². The molecule has 0 atom stereocenters. The number of carbonyl (C=O) groups is 1. The van der Waals surface area contributed by atoms with E-state index in [-0.39, 0.29) is 5.91 Å². The standard InChI is InChI=1S/C23H28N8OS/c32-21(29-15-13-28(14-16-29)20-17-24-9-10-25-20)18-33-23-27-26-22(30-11-5-2-6-12-30)31(23)19-7-3-1-4-8-19/h1,3-4,7-10,17H,2,5-6,11-16,18H2. The van der Waals surface area contributed by atoms with Gasteiger partial charge in [-0.05, 0) is 31.4 Å². The van der Waals surface area contributed by atoms with Gasteiger partial charge in [0.1, 0.15) is 5.82 Å². The van der Waals surface area contributed by atoms with Gasteiger partial charge in [-0.25, -0.2) is 4.98 Å². The van der Waals surface area contributed by atoms with Crippen molar-refractivity contribution in [3.8, 4) is 5.69 Å². The number of piperidine rings is 1. The molecule has 0 saturated carbocycles. The highest BCUT2D eigenvalue weighted by atomic mass is 32.2. The van der Waals surface area contributed by atoms with Gasteiger partial charge in [-0.15, -0.1) is 10.2 Å². The van der Waals surface area contributed by atoms with Gasteiger partial charge in [0, 0.05) is 51.7 Å². The molecule has 0 radical (unpaired) electrons. The molecule has 1 amide bonds. The Kier molecular flexibility index (Phi) is 6.71. The van der Waals surface area contributed by atoms with Gasteiger partial charge in [-0.1, -0.05) is 30.0 Å². The summed E-state index contributed by atoms with van der Waals surface area (Å²) in [6.45, 7) is 4.86. The van der Waals surface area contributed by atoms with Gasteiger partial charge in [0.25, 0.3) is 0 Å². The molecule has 0 aliphatic carbocycles. The molecule has 172 valence electrons. The lowest BCUT2D eigenvalue weighted by Crippen LogP contribution is -2.49. The topological polar surface area (TPSA) is 83.3 Å². The van der Waals surface area contributed by atoms with E-state index in [2.05, 4.69) is 46.7 Å². The van der Waals surface area contributed by atoms with Crippen LogP contribution in [0, 0.1) is 0 Å². The summed E-state index contributed by atoms with van der Waals surface area (Å²) in [5.74, 6) is 2.20. The van der Waals surface area contributed by atoms with Crippen LogP contribution in [0.2, 0.25) is 0 Å². The van der Waals surface area contributed by atoms with E-state index in [1.54, 1.807) is 18.6 Å². The number of rotatable bonds is 6. The number of carbonyl (C=O) groups excluding carboxylic acids is 1. The monoisotopic (exact) mass is 464 g/mol. The minimum atomic E-state index is 0.126. The van der Waals surface area contributed by atoms with Crippen LogP contribution in [0.5, 0.6) is 0 Å². The number of hydrogen-bond donors (Lipinski definition) is 0. The average molecular weight is 465 g/mol. The lowest BCUT2D eigenvalue weighted by atomic mass is 10.1. The Balaban J connectivity index is 1.25. The number of piperazine rings is 1. The van der Waals surface area contributed by atoms with Gasteiger partial charge in [0.15, 0.2) is 5.16 Å². The molecule has 10 heteroatoms. The van der Waals surface area contributed by atoms with Crippen molar-refractivity contribution in [2.75, 3.05) is 54.8 Å². The largest absolute Gasteiger partial charge is 0.352 e. The van der Waals surface area contributed by atoms with Crippen LogP contribution in [-0.2, 0) is 4.79 Å². The van der Waals surface area contributed by atoms with Crippen LogP contribution in [0.1, 0.15) is 19.3 Å². The second-order valence-corrected chi connectivity index (χ2v) is 9.16. The van der Waals surface area contributed by atoms with E-state index in [4.69, 9.17) is 0 Å². The van der Waals surface area contributed by atoms with E-state index >= 15 is 0 Å². The summed E-state index contributed by atoms with van der Waals surface area (Å²) in [7, 11) is 0. The first-order chi connectivity index (χ1) is 16.3. The van der Waals surface area contributed by atoms with Gasteiger partial charge in [0.2, 0.25) is 11.9 Å². The van der Waals surface area contributed by atoms with E-state index in [9.17, 15) is 4.79 Å². The van der Waals surface area contributed by atoms with Gasteiger partial charge in [0.05, 0.1) is 17.6 Å². The SMILES string of the molecule is O=C(CSc1nnc(N2CCCCC2)n1-c1ccccc1)N1CCN(c2cnccn2)CC1. The fourth-order valence-corrected chi connectivity index (χ4v) is 5.16. The number of para-hydroxylation sites is 1. The summed E-state index contributed by atoms with van der Waals surface area (Å²) in [6, 6.07) is 10.2. The normalized spacial score (nSPS) is 16.8. The Hall–Kier alpha value is -3.14. The van der Waals surface area contributed by atoms with Gasteiger partial charge < -0.3 is 14.7 Å². The fraction of sp³-hybridized carbons (Fsp3) is 0.435. The van der Waals surface area contributed by atoms with Crippen LogP contribution in [0.15, 0.2) is 54.1 Å². The lowest BCUT2D eigenvalue weighted by Gasteiger charge is -2.35. The second kappa shape index (κ2) is 10.2. The zero-order chi connectivity index (χ0) is 22.5. The van der Waals surface area contributed by atoms with Crippen molar-refractivity contribution in [1.82, 2.24) is 29.6 Å². The van der Waals surface area contributed by atoms with Crippen molar-refractivity contribution in [2.24, 2.45) is 0 Å². The smallest absolute Gasteiger partial charge is 0.233 e. The predicted octanol–water partition coefficient (Wildman–Crippen LogP) is 2.49. The maximum atomic E-state index is 13.0. The molecule has 0 spiro atoms. The first kappa shape index (κ1) is 21.7. The van der Waals surface area contributed by atoms with Crippen LogP contribution in [0.3, 0.4) is 0 Å². The third-order valence-corrected chi connectivity index (χ3v) is 7.01. The number of benzene rings is 1. The van der Waals surface area contributed by atoms with Crippen molar-refractivity contribution in [3.63, 3.8) is 0 Å². The molecule has 2 aliphatic rings. The number of hydrogen-bond acceptors (Lipinski definition) is 8. The molecule has 0 N–H and O–H groups in total. The molecule has 4 heterocycles. The quantitative estimate of drug-likeness (QED) is 0.515. The summed E-state index contributed by atoms with van der Waals surface area (Å²) in [5, 5.41) is 9.76. The molecule has 1 aromatic carbocycles. The van der Waals surface area contributed by atoms with Gasteiger partial charge in [-0.3, -0.25) is 14.3 Å². The predicted molar refractivity (Wildman–Crippen MR) is 129 cm³/mol. The number of amides is 1. The van der Waals surface area contributed by atoms with Crippen molar-refractivity contribution >= 4 is 29.4 Å². The Labute approximate surface area is 197 Å². The van der Waals surface area contributed by atoms with Crippen molar-refractivity contribution in [3.05, 3.63) is 48.9 Å². The number of thioether (sulfide) groups is 1. The highest BCUT2D eigenvalue weighted by Gasteiger charge is 2.25. The van der Waals surface area contributed by atoms with Crippen molar-refractivity contribution in [1.29, 1.82) is 0 Å². The zero-order valence-electron chi connectivity index (χ0n) is 18.6. The zero-order valence-corrected chi connectivity index (χ0v) is 19.4. The Morgan fingerprint density at radius 2 is 1.67 bits per heavy atom. The first-order valence-electron chi connectivity index (χ1n) is 11.5. The van der Waals surface area contributed by atoms with E-state index < -0.39 is 0 Å². The highest BCUT2D eigenvalue weighted by molar-refractivity contribution is 7.99. The summed E-state index contributed by atoms with van der Waals surface area (Å²) in [6.07, 6.45) is 8.74. The molecular formula is C23H28N8OS. The third kappa shape index (κ3) is 4.95. The van der Waals surface area contributed by atoms with Crippen LogP contribution in [-0.4, -0.2) is 80.6 Å². The molecule has 2 aliphatic heterocycles. The molecule has 2 fully saturated rings. The van der Waals surface area contributed by atoms with Crippen LogP contribution in [0.25, 0.3) is 5.69 Å². The third-order valence-electron chi connectivity index (χ3n) is 6.10. The molecule has 3 aromatic rings. The number of nitrogens with zero attached hydrogens (tertiary/aromatic N) is 8. The van der Waals surface area contributed by atoms with E-state index in [1.165, 1.54) is 31.0 Å². The molecule has 0 bridgehead atoms. The van der Waals surface area contributed by atoms with E-state index in [0.717, 1.165) is 48.8 Å². The van der Waals surface area contributed by atoms with Gasteiger partial charge in [-0.2, -0.15) is 0 Å². The first-order valence-corrected chi connectivity index (χ1v) is 12.5. The summed E-state index contributed by atoms with van der Waals surface area (Å²) < 4.78 is 2.09. The maximum Gasteiger partial charge on any atom is 0.233 e. The fourth-order valence-electron chi connectivity index (χ4n) is 4.31. The minimum Gasteiger partial charge on any atom is -0.352 e. The van der Waals surface area contributed by atoms with Crippen molar-refractivity contribution < 1.29 is 4.79 Å².